The normalized spacial score (nSPS) is 10.9. The number of halogens is 2. The number of methoxy groups -OCH3 is 1. The standard InChI is InChI=1S/C16H10Cl2O4/c1-21-9-4-2-8(3-5-9)15(20)10-7-22-16-11(17)6-12(19)14(18)13(10)16/h2-7,19H,1H3. The molecule has 112 valence electrons. The first-order valence-corrected chi connectivity index (χ1v) is 7.05. The number of furan rings is 1. The van der Waals surface area contributed by atoms with Crippen molar-refractivity contribution in [1.82, 2.24) is 0 Å². The molecule has 0 amide bonds. The Hall–Kier alpha value is -2.17. The van der Waals surface area contributed by atoms with E-state index >= 15 is 0 Å². The Labute approximate surface area is 135 Å². The van der Waals surface area contributed by atoms with Crippen molar-refractivity contribution in [3.8, 4) is 11.5 Å². The van der Waals surface area contributed by atoms with Crippen LogP contribution in [0.4, 0.5) is 0 Å². The molecule has 4 nitrogen and oxygen atoms in total. The van der Waals surface area contributed by atoms with E-state index in [1.54, 1.807) is 31.4 Å². The Morgan fingerprint density at radius 1 is 1.23 bits per heavy atom. The largest absolute Gasteiger partial charge is 0.506 e. The molecule has 3 rings (SSSR count). The number of fused-ring (bicyclic) bond motifs is 1. The van der Waals surface area contributed by atoms with Crippen LogP contribution in [0.1, 0.15) is 15.9 Å². The summed E-state index contributed by atoms with van der Waals surface area (Å²) < 4.78 is 10.4. The summed E-state index contributed by atoms with van der Waals surface area (Å²) >= 11 is 12.1. The molecule has 6 heteroatoms. The highest BCUT2D eigenvalue weighted by atomic mass is 35.5. The van der Waals surface area contributed by atoms with Gasteiger partial charge in [-0.3, -0.25) is 4.79 Å². The average molecular weight is 337 g/mol. The van der Waals surface area contributed by atoms with E-state index in [0.29, 0.717) is 16.7 Å². The number of phenols is 1. The summed E-state index contributed by atoms with van der Waals surface area (Å²) in [4.78, 5) is 12.6. The van der Waals surface area contributed by atoms with Crippen molar-refractivity contribution in [3.05, 3.63) is 57.8 Å². The number of hydrogen-bond acceptors (Lipinski definition) is 4. The molecule has 0 radical (unpaired) electrons. The van der Waals surface area contributed by atoms with Crippen molar-refractivity contribution < 1.29 is 19.1 Å². The van der Waals surface area contributed by atoms with Crippen LogP contribution in [0.15, 0.2) is 41.0 Å². The zero-order chi connectivity index (χ0) is 15.9. The first-order valence-electron chi connectivity index (χ1n) is 6.30. The Morgan fingerprint density at radius 2 is 1.91 bits per heavy atom. The van der Waals surface area contributed by atoms with Gasteiger partial charge in [-0.25, -0.2) is 0 Å². The molecular weight excluding hydrogens is 327 g/mol. The summed E-state index contributed by atoms with van der Waals surface area (Å²) in [5.74, 6) is 0.154. The monoisotopic (exact) mass is 336 g/mol. The molecule has 0 atom stereocenters. The average Bonchev–Trinajstić information content (AvgIpc) is 2.97. The molecule has 0 aliphatic heterocycles. The number of carbonyl (C=O) groups excluding carboxylic acids is 1. The van der Waals surface area contributed by atoms with Gasteiger partial charge in [-0.1, -0.05) is 23.2 Å². The maximum absolute atomic E-state index is 12.6. The van der Waals surface area contributed by atoms with Crippen molar-refractivity contribution in [2.45, 2.75) is 0 Å². The number of ether oxygens (including phenoxy) is 1. The van der Waals surface area contributed by atoms with Gasteiger partial charge in [0.25, 0.3) is 0 Å². The molecule has 2 aromatic carbocycles. The Kier molecular flexibility index (Phi) is 3.72. The van der Waals surface area contributed by atoms with E-state index in [0.717, 1.165) is 0 Å². The predicted molar refractivity (Wildman–Crippen MR) is 84.3 cm³/mol. The molecule has 22 heavy (non-hydrogen) atoms. The van der Waals surface area contributed by atoms with Gasteiger partial charge in [-0.05, 0) is 24.3 Å². The third kappa shape index (κ3) is 2.30. The van der Waals surface area contributed by atoms with Gasteiger partial charge in [0.15, 0.2) is 11.4 Å². The fraction of sp³-hybridized carbons (Fsp3) is 0.0625. The zero-order valence-electron chi connectivity index (χ0n) is 11.4. The van der Waals surface area contributed by atoms with Crippen LogP contribution in [-0.2, 0) is 0 Å². The number of ketones is 1. The first-order chi connectivity index (χ1) is 10.5. The molecule has 0 unspecified atom stereocenters. The zero-order valence-corrected chi connectivity index (χ0v) is 12.9. The minimum absolute atomic E-state index is 0.0324. The maximum atomic E-state index is 12.6. The van der Waals surface area contributed by atoms with Crippen LogP contribution in [0, 0.1) is 0 Å². The van der Waals surface area contributed by atoms with E-state index in [2.05, 4.69) is 0 Å². The fourth-order valence-corrected chi connectivity index (χ4v) is 2.68. The number of benzene rings is 2. The van der Waals surface area contributed by atoms with Gasteiger partial charge in [-0.15, -0.1) is 0 Å². The number of rotatable bonds is 3. The first kappa shape index (κ1) is 14.8. The van der Waals surface area contributed by atoms with Gasteiger partial charge < -0.3 is 14.3 Å². The van der Waals surface area contributed by atoms with Crippen LogP contribution in [0.3, 0.4) is 0 Å². The van der Waals surface area contributed by atoms with E-state index in [-0.39, 0.29) is 32.7 Å². The van der Waals surface area contributed by atoms with Crippen LogP contribution in [0.25, 0.3) is 11.0 Å². The highest BCUT2D eigenvalue weighted by Gasteiger charge is 2.22. The highest BCUT2D eigenvalue weighted by molar-refractivity contribution is 6.42. The van der Waals surface area contributed by atoms with Gasteiger partial charge in [0.2, 0.25) is 0 Å². The molecule has 0 fully saturated rings. The van der Waals surface area contributed by atoms with Crippen LogP contribution in [-0.4, -0.2) is 18.0 Å². The number of carbonyl (C=O) groups is 1. The second kappa shape index (κ2) is 5.55. The number of aromatic hydroxyl groups is 1. The molecule has 0 saturated carbocycles. The minimum Gasteiger partial charge on any atom is -0.506 e. The summed E-state index contributed by atoms with van der Waals surface area (Å²) in [5, 5.41) is 10.3. The van der Waals surface area contributed by atoms with Gasteiger partial charge in [-0.2, -0.15) is 0 Å². The Morgan fingerprint density at radius 3 is 2.55 bits per heavy atom. The van der Waals surface area contributed by atoms with Crippen LogP contribution < -0.4 is 4.74 Å². The molecule has 3 aromatic rings. The highest BCUT2D eigenvalue weighted by Crippen LogP contribution is 2.40. The topological polar surface area (TPSA) is 59.7 Å². The van der Waals surface area contributed by atoms with Gasteiger partial charge in [0.1, 0.15) is 17.8 Å². The summed E-state index contributed by atoms with van der Waals surface area (Å²) in [7, 11) is 1.55. The van der Waals surface area contributed by atoms with Crippen molar-refractivity contribution in [1.29, 1.82) is 0 Å². The number of phenolic OH excluding ortho intramolecular Hbond substituents is 1. The lowest BCUT2D eigenvalue weighted by atomic mass is 10.0. The molecular formula is C16H10Cl2O4. The smallest absolute Gasteiger partial charge is 0.196 e. The lowest BCUT2D eigenvalue weighted by molar-refractivity contribution is 0.103. The van der Waals surface area contributed by atoms with E-state index in [9.17, 15) is 9.90 Å². The van der Waals surface area contributed by atoms with E-state index < -0.39 is 0 Å². The fourth-order valence-electron chi connectivity index (χ4n) is 2.19. The molecule has 0 spiro atoms. The third-order valence-electron chi connectivity index (χ3n) is 3.31. The van der Waals surface area contributed by atoms with Crippen molar-refractivity contribution in [2.24, 2.45) is 0 Å². The Bertz CT molecular complexity index is 866. The molecule has 1 heterocycles. The summed E-state index contributed by atoms with van der Waals surface area (Å²) in [6.07, 6.45) is 1.29. The van der Waals surface area contributed by atoms with Gasteiger partial charge in [0, 0.05) is 11.6 Å². The van der Waals surface area contributed by atoms with E-state index in [1.165, 1.54) is 12.3 Å². The second-order valence-corrected chi connectivity index (χ2v) is 5.39. The van der Waals surface area contributed by atoms with Crippen LogP contribution >= 0.6 is 23.2 Å². The molecule has 0 aliphatic carbocycles. The minimum atomic E-state index is -0.287. The molecule has 1 N–H and O–H groups in total. The van der Waals surface area contributed by atoms with Gasteiger partial charge in [0.05, 0.1) is 28.1 Å². The molecule has 1 aromatic heterocycles. The lowest BCUT2D eigenvalue weighted by Crippen LogP contribution is -2.00. The molecule has 0 bridgehead atoms. The SMILES string of the molecule is COc1ccc(C(=O)c2coc3c(Cl)cc(O)c(Cl)c23)cc1. The van der Waals surface area contributed by atoms with Crippen molar-refractivity contribution in [2.75, 3.05) is 7.11 Å². The van der Waals surface area contributed by atoms with E-state index in [4.69, 9.17) is 32.4 Å². The van der Waals surface area contributed by atoms with E-state index in [1.807, 2.05) is 0 Å². The van der Waals surface area contributed by atoms with Crippen molar-refractivity contribution >= 4 is 40.0 Å². The quantitative estimate of drug-likeness (QED) is 0.705. The van der Waals surface area contributed by atoms with Crippen molar-refractivity contribution in [3.63, 3.8) is 0 Å². The summed E-state index contributed by atoms with van der Waals surface area (Å²) in [5.41, 5.74) is 0.948. The predicted octanol–water partition coefficient (Wildman–Crippen LogP) is 4.68. The van der Waals surface area contributed by atoms with Gasteiger partial charge >= 0.3 is 0 Å². The maximum Gasteiger partial charge on any atom is 0.196 e. The van der Waals surface area contributed by atoms with Crippen LogP contribution in [0.2, 0.25) is 10.0 Å². The second-order valence-electron chi connectivity index (χ2n) is 4.60. The van der Waals surface area contributed by atoms with Crippen LogP contribution in [0.5, 0.6) is 11.5 Å². The summed E-state index contributed by atoms with van der Waals surface area (Å²) in [6.45, 7) is 0. The third-order valence-corrected chi connectivity index (χ3v) is 3.98. The lowest BCUT2D eigenvalue weighted by Gasteiger charge is -2.04. The molecule has 0 aliphatic rings. The Balaban J connectivity index is 2.15. The number of hydrogen-bond donors (Lipinski definition) is 1. The molecule has 0 saturated heterocycles. The summed E-state index contributed by atoms with van der Waals surface area (Å²) in [6, 6.07) is 7.91.